The Morgan fingerprint density at radius 2 is 1.71 bits per heavy atom. The van der Waals surface area contributed by atoms with Crippen molar-refractivity contribution in [1.29, 1.82) is 0 Å². The molecule has 9 heteroatoms. The second-order valence-electron chi connectivity index (χ2n) is 9.14. The molecule has 0 spiro atoms. The van der Waals surface area contributed by atoms with Crippen molar-refractivity contribution in [2.45, 2.75) is 30.4 Å². The van der Waals surface area contributed by atoms with Crippen LogP contribution in [-0.2, 0) is 9.59 Å². The summed E-state index contributed by atoms with van der Waals surface area (Å²) in [5.74, 6) is -0.633. The van der Waals surface area contributed by atoms with Crippen LogP contribution in [0.4, 0.5) is 11.5 Å². The number of carbonyl (C=O) groups excluding carboxylic acids is 3. The molecule has 1 unspecified atom stereocenters. The van der Waals surface area contributed by atoms with Crippen molar-refractivity contribution < 1.29 is 14.4 Å². The first-order valence-corrected chi connectivity index (χ1v) is 14.2. The predicted molar refractivity (Wildman–Crippen MR) is 166 cm³/mol. The summed E-state index contributed by atoms with van der Waals surface area (Å²) >= 11 is 7.26. The third-order valence-corrected chi connectivity index (χ3v) is 7.48. The van der Waals surface area contributed by atoms with Crippen LogP contribution in [0.2, 0.25) is 5.02 Å². The molecule has 0 aliphatic carbocycles. The van der Waals surface area contributed by atoms with Gasteiger partial charge < -0.3 is 16.0 Å². The first kappa shape index (κ1) is 29.6. The summed E-state index contributed by atoms with van der Waals surface area (Å²) in [4.78, 5) is 44.1. The molecule has 1 aromatic heterocycles. The maximum Gasteiger partial charge on any atom is 0.272 e. The predicted octanol–water partition coefficient (Wildman–Crippen LogP) is 6.96. The summed E-state index contributed by atoms with van der Waals surface area (Å²) < 4.78 is 0. The van der Waals surface area contributed by atoms with Gasteiger partial charge in [-0.05, 0) is 67.4 Å². The maximum absolute atomic E-state index is 13.4. The van der Waals surface area contributed by atoms with Crippen molar-refractivity contribution >= 4 is 58.7 Å². The highest BCUT2D eigenvalue weighted by molar-refractivity contribution is 8.00. The van der Waals surface area contributed by atoms with Crippen LogP contribution >= 0.6 is 23.4 Å². The molecule has 1 atom stereocenters. The Morgan fingerprint density at radius 1 is 0.927 bits per heavy atom. The lowest BCUT2D eigenvalue weighted by atomic mass is 10.1. The number of halogens is 1. The summed E-state index contributed by atoms with van der Waals surface area (Å²) in [6, 6.07) is 26.9. The van der Waals surface area contributed by atoms with Gasteiger partial charge in [0.05, 0.1) is 10.3 Å². The lowest BCUT2D eigenvalue weighted by Gasteiger charge is -2.16. The van der Waals surface area contributed by atoms with Gasteiger partial charge in [0, 0.05) is 22.3 Å². The molecule has 4 aromatic rings. The molecule has 0 radical (unpaired) electrons. The zero-order valence-corrected chi connectivity index (χ0v) is 24.1. The number of carbonyl (C=O) groups is 3. The molecule has 3 amide bonds. The second kappa shape index (κ2) is 14.3. The van der Waals surface area contributed by atoms with Crippen molar-refractivity contribution in [2.24, 2.45) is 0 Å². The minimum absolute atomic E-state index is 0.101. The molecular weight excluding hydrogens is 556 g/mol. The quantitative estimate of drug-likeness (QED) is 0.138. The lowest BCUT2D eigenvalue weighted by Crippen LogP contribution is -2.30. The van der Waals surface area contributed by atoms with E-state index in [4.69, 9.17) is 11.6 Å². The molecule has 4 rings (SSSR count). The molecule has 3 aromatic carbocycles. The van der Waals surface area contributed by atoms with Crippen LogP contribution in [0.15, 0.2) is 108 Å². The molecule has 41 heavy (non-hydrogen) atoms. The first-order valence-electron chi connectivity index (χ1n) is 13.0. The molecule has 0 fully saturated rings. The van der Waals surface area contributed by atoms with E-state index in [1.807, 2.05) is 50.2 Å². The number of benzene rings is 3. The number of hydrogen-bond acceptors (Lipinski definition) is 5. The number of hydrogen-bond donors (Lipinski definition) is 3. The standard InChI is InChI=1S/C32H29ClN4O3S/c1-3-28(32(40)37-29-16-15-24(33)20-34-29)41-26-14-8-13-25(19-26)35-31(39)27(18-22-10-7-9-21(2)17-22)36-30(38)23-11-5-4-6-12-23/h4-20,28H,3H2,1-2H3,(H,35,39)(H,36,38)(H,34,37,40)/b27-18+. The Balaban J connectivity index is 1.49. The highest BCUT2D eigenvalue weighted by Crippen LogP contribution is 2.29. The van der Waals surface area contributed by atoms with Gasteiger partial charge in [0.15, 0.2) is 0 Å². The minimum atomic E-state index is -0.475. The van der Waals surface area contributed by atoms with Crippen molar-refractivity contribution in [1.82, 2.24) is 10.3 Å². The topological polar surface area (TPSA) is 100 Å². The fourth-order valence-electron chi connectivity index (χ4n) is 3.86. The fourth-order valence-corrected chi connectivity index (χ4v) is 4.98. The number of nitrogens with one attached hydrogen (secondary N) is 3. The van der Waals surface area contributed by atoms with Crippen LogP contribution < -0.4 is 16.0 Å². The summed E-state index contributed by atoms with van der Waals surface area (Å²) in [6.07, 6.45) is 3.70. The van der Waals surface area contributed by atoms with Crippen molar-refractivity contribution in [3.63, 3.8) is 0 Å². The molecule has 208 valence electrons. The molecule has 0 bridgehead atoms. The first-order chi connectivity index (χ1) is 19.8. The van der Waals surface area contributed by atoms with E-state index in [1.165, 1.54) is 18.0 Å². The third kappa shape index (κ3) is 8.79. The number of anilines is 2. The zero-order valence-electron chi connectivity index (χ0n) is 22.6. The Kier molecular flexibility index (Phi) is 10.3. The van der Waals surface area contributed by atoms with Crippen molar-refractivity contribution in [3.8, 4) is 0 Å². The summed E-state index contributed by atoms with van der Waals surface area (Å²) in [5.41, 5.74) is 2.87. The number of thioether (sulfide) groups is 1. The molecule has 0 aliphatic rings. The van der Waals surface area contributed by atoms with Crippen LogP contribution in [0.1, 0.15) is 34.8 Å². The van der Waals surface area contributed by atoms with Gasteiger partial charge in [0.1, 0.15) is 11.5 Å². The van der Waals surface area contributed by atoms with Gasteiger partial charge in [-0.2, -0.15) is 0 Å². The second-order valence-corrected chi connectivity index (χ2v) is 10.9. The normalized spacial score (nSPS) is 11.8. The Bertz CT molecular complexity index is 1560. The number of aromatic nitrogens is 1. The van der Waals surface area contributed by atoms with E-state index in [-0.39, 0.29) is 16.9 Å². The van der Waals surface area contributed by atoms with Gasteiger partial charge >= 0.3 is 0 Å². The van der Waals surface area contributed by atoms with Crippen LogP contribution in [0.25, 0.3) is 6.08 Å². The van der Waals surface area contributed by atoms with E-state index in [9.17, 15) is 14.4 Å². The summed E-state index contributed by atoms with van der Waals surface area (Å²) in [5, 5.41) is 8.55. The average Bonchev–Trinajstić information content (AvgIpc) is 2.97. The van der Waals surface area contributed by atoms with Crippen molar-refractivity contribution in [3.05, 3.63) is 125 Å². The van der Waals surface area contributed by atoms with Gasteiger partial charge in [0.2, 0.25) is 5.91 Å². The highest BCUT2D eigenvalue weighted by Gasteiger charge is 2.20. The van der Waals surface area contributed by atoms with E-state index in [1.54, 1.807) is 60.7 Å². The number of rotatable bonds is 10. The Labute approximate surface area is 248 Å². The number of pyridine rings is 1. The highest BCUT2D eigenvalue weighted by atomic mass is 35.5. The molecule has 1 heterocycles. The third-order valence-electron chi connectivity index (χ3n) is 5.89. The van der Waals surface area contributed by atoms with E-state index in [2.05, 4.69) is 20.9 Å². The number of amides is 3. The molecular formula is C32H29ClN4O3S. The van der Waals surface area contributed by atoms with E-state index in [0.29, 0.717) is 28.5 Å². The van der Waals surface area contributed by atoms with Gasteiger partial charge in [-0.15, -0.1) is 11.8 Å². The number of nitrogens with zero attached hydrogens (tertiary/aromatic N) is 1. The molecule has 7 nitrogen and oxygen atoms in total. The van der Waals surface area contributed by atoms with Gasteiger partial charge in [-0.1, -0.05) is 72.6 Å². The monoisotopic (exact) mass is 584 g/mol. The van der Waals surface area contributed by atoms with E-state index in [0.717, 1.165) is 16.0 Å². The maximum atomic E-state index is 13.4. The Morgan fingerprint density at radius 3 is 2.41 bits per heavy atom. The number of aryl methyl sites for hydroxylation is 1. The Hall–Kier alpha value is -4.40. The average molecular weight is 585 g/mol. The fraction of sp³-hybridized carbons (Fsp3) is 0.125. The van der Waals surface area contributed by atoms with E-state index < -0.39 is 11.8 Å². The molecule has 0 saturated heterocycles. The molecule has 3 N–H and O–H groups in total. The largest absolute Gasteiger partial charge is 0.321 e. The molecule has 0 saturated carbocycles. The SMILES string of the molecule is CCC(Sc1cccc(NC(=O)/C(=C\c2cccc(C)c2)NC(=O)c2ccccc2)c1)C(=O)Nc1ccc(Cl)cn1. The lowest BCUT2D eigenvalue weighted by molar-refractivity contribution is -0.116. The zero-order chi connectivity index (χ0) is 29.2. The van der Waals surface area contributed by atoms with E-state index >= 15 is 0 Å². The van der Waals surface area contributed by atoms with Crippen LogP contribution in [-0.4, -0.2) is 28.0 Å². The minimum Gasteiger partial charge on any atom is -0.321 e. The summed E-state index contributed by atoms with van der Waals surface area (Å²) in [6.45, 7) is 3.88. The summed E-state index contributed by atoms with van der Waals surface area (Å²) in [7, 11) is 0. The van der Waals surface area contributed by atoms with Crippen molar-refractivity contribution in [2.75, 3.05) is 10.6 Å². The van der Waals surface area contributed by atoms with Crippen LogP contribution in [0, 0.1) is 6.92 Å². The molecule has 0 aliphatic heterocycles. The van der Waals surface area contributed by atoms with Gasteiger partial charge in [0.25, 0.3) is 11.8 Å². The van der Waals surface area contributed by atoms with Gasteiger partial charge in [-0.3, -0.25) is 14.4 Å². The van der Waals surface area contributed by atoms with Gasteiger partial charge in [-0.25, -0.2) is 4.98 Å². The smallest absolute Gasteiger partial charge is 0.272 e. The van der Waals surface area contributed by atoms with Crippen LogP contribution in [0.5, 0.6) is 0 Å². The van der Waals surface area contributed by atoms with Crippen LogP contribution in [0.3, 0.4) is 0 Å².